The summed E-state index contributed by atoms with van der Waals surface area (Å²) in [7, 11) is 0. The fourth-order valence-electron chi connectivity index (χ4n) is 4.26. The van der Waals surface area contributed by atoms with Gasteiger partial charge < -0.3 is 5.32 Å². The molecule has 0 spiro atoms. The van der Waals surface area contributed by atoms with Gasteiger partial charge in [0.25, 0.3) is 5.69 Å². The SMILES string of the molecule is Cc1cc([N+](=O)[O-])ccc1NC(=O)CSc1nnc(-c2cccnc2)n1[C@H]1CCCC[C@H]1C. The molecule has 0 saturated heterocycles. The molecule has 10 heteroatoms. The number of nitro groups is 1. The molecule has 0 bridgehead atoms. The first-order valence-electron chi connectivity index (χ1n) is 11.0. The first-order chi connectivity index (χ1) is 15.9. The zero-order chi connectivity index (χ0) is 23.4. The number of anilines is 1. The normalized spacial score (nSPS) is 18.1. The summed E-state index contributed by atoms with van der Waals surface area (Å²) in [6, 6.07) is 8.51. The number of nitro benzene ring substituents is 1. The average molecular weight is 467 g/mol. The van der Waals surface area contributed by atoms with Crippen molar-refractivity contribution in [2.75, 3.05) is 11.1 Å². The monoisotopic (exact) mass is 466 g/mol. The number of benzene rings is 1. The molecule has 0 aliphatic heterocycles. The van der Waals surface area contributed by atoms with E-state index in [4.69, 9.17) is 0 Å². The standard InChI is InChI=1S/C23H26N6O3S/c1-15-6-3-4-8-20(15)28-22(17-7-5-11-24-13-17)26-27-23(28)33-14-21(30)25-19-10-9-18(29(31)32)12-16(19)2/h5,7,9-13,15,20H,3-4,6,8,14H2,1-2H3,(H,25,30)/t15-,20+/m1/s1. The van der Waals surface area contributed by atoms with Crippen LogP contribution in [0.2, 0.25) is 0 Å². The third-order valence-electron chi connectivity index (χ3n) is 6.01. The number of aryl methyl sites for hydroxylation is 1. The summed E-state index contributed by atoms with van der Waals surface area (Å²) >= 11 is 1.35. The lowest BCUT2D eigenvalue weighted by atomic mass is 9.85. The smallest absolute Gasteiger partial charge is 0.269 e. The Hall–Kier alpha value is -3.27. The van der Waals surface area contributed by atoms with Crippen LogP contribution in [0.1, 0.15) is 44.2 Å². The van der Waals surface area contributed by atoms with Gasteiger partial charge in [-0.15, -0.1) is 10.2 Å². The molecule has 1 saturated carbocycles. The van der Waals surface area contributed by atoms with Gasteiger partial charge in [-0.05, 0) is 49.4 Å². The number of amides is 1. The van der Waals surface area contributed by atoms with E-state index < -0.39 is 4.92 Å². The highest BCUT2D eigenvalue weighted by Crippen LogP contribution is 2.38. The molecule has 2 atom stereocenters. The summed E-state index contributed by atoms with van der Waals surface area (Å²) in [4.78, 5) is 27.4. The van der Waals surface area contributed by atoms with Crippen molar-refractivity contribution in [3.05, 3.63) is 58.4 Å². The van der Waals surface area contributed by atoms with Crippen LogP contribution in [0.25, 0.3) is 11.4 Å². The lowest BCUT2D eigenvalue weighted by Crippen LogP contribution is -2.23. The minimum Gasteiger partial charge on any atom is -0.325 e. The minimum atomic E-state index is -0.451. The number of thioether (sulfide) groups is 1. The molecule has 0 unspecified atom stereocenters. The van der Waals surface area contributed by atoms with Crippen molar-refractivity contribution in [1.82, 2.24) is 19.7 Å². The number of hydrogen-bond donors (Lipinski definition) is 1. The Bertz CT molecular complexity index is 1150. The Morgan fingerprint density at radius 3 is 2.79 bits per heavy atom. The van der Waals surface area contributed by atoms with Gasteiger partial charge in [0.2, 0.25) is 5.91 Å². The van der Waals surface area contributed by atoms with E-state index in [9.17, 15) is 14.9 Å². The van der Waals surface area contributed by atoms with E-state index in [1.807, 2.05) is 12.1 Å². The third kappa shape index (κ3) is 5.22. The van der Waals surface area contributed by atoms with Gasteiger partial charge in [-0.1, -0.05) is 31.5 Å². The Morgan fingerprint density at radius 2 is 2.09 bits per heavy atom. The van der Waals surface area contributed by atoms with Crippen LogP contribution in [-0.4, -0.2) is 36.3 Å². The number of hydrogen-bond acceptors (Lipinski definition) is 7. The Labute approximate surface area is 196 Å². The molecular formula is C23H26N6O3S. The van der Waals surface area contributed by atoms with Crippen LogP contribution in [0.3, 0.4) is 0 Å². The van der Waals surface area contributed by atoms with E-state index in [2.05, 4.69) is 32.0 Å². The van der Waals surface area contributed by atoms with Gasteiger partial charge in [0, 0.05) is 41.8 Å². The number of rotatable bonds is 7. The largest absolute Gasteiger partial charge is 0.325 e. The highest BCUT2D eigenvalue weighted by Gasteiger charge is 2.29. The fraction of sp³-hybridized carbons (Fsp3) is 0.391. The van der Waals surface area contributed by atoms with Gasteiger partial charge in [0.1, 0.15) is 0 Å². The maximum atomic E-state index is 12.7. The van der Waals surface area contributed by atoms with Crippen LogP contribution in [-0.2, 0) is 4.79 Å². The number of aromatic nitrogens is 4. The zero-order valence-electron chi connectivity index (χ0n) is 18.6. The van der Waals surface area contributed by atoms with Crippen LogP contribution in [0.4, 0.5) is 11.4 Å². The van der Waals surface area contributed by atoms with Gasteiger partial charge in [-0.2, -0.15) is 0 Å². The predicted octanol–water partition coefficient (Wildman–Crippen LogP) is 5.04. The van der Waals surface area contributed by atoms with Crippen molar-refractivity contribution < 1.29 is 9.72 Å². The number of carbonyl (C=O) groups is 1. The lowest BCUT2D eigenvalue weighted by Gasteiger charge is -2.31. The quantitative estimate of drug-likeness (QED) is 0.295. The molecule has 4 rings (SSSR count). The third-order valence-corrected chi connectivity index (χ3v) is 6.95. The summed E-state index contributed by atoms with van der Waals surface area (Å²) < 4.78 is 2.18. The predicted molar refractivity (Wildman–Crippen MR) is 127 cm³/mol. The van der Waals surface area contributed by atoms with E-state index in [1.54, 1.807) is 25.4 Å². The molecule has 172 valence electrons. The molecule has 9 nitrogen and oxygen atoms in total. The molecule has 3 aromatic rings. The summed E-state index contributed by atoms with van der Waals surface area (Å²) in [6.07, 6.45) is 8.10. The van der Waals surface area contributed by atoms with E-state index in [0.29, 0.717) is 22.3 Å². The maximum absolute atomic E-state index is 12.7. The number of pyridine rings is 1. The maximum Gasteiger partial charge on any atom is 0.269 e. The Balaban J connectivity index is 1.52. The molecule has 1 N–H and O–H groups in total. The van der Waals surface area contributed by atoms with E-state index in [0.717, 1.165) is 30.7 Å². The van der Waals surface area contributed by atoms with Crippen LogP contribution in [0.15, 0.2) is 47.9 Å². The van der Waals surface area contributed by atoms with Gasteiger partial charge >= 0.3 is 0 Å². The fourth-order valence-corrected chi connectivity index (χ4v) is 5.06. The van der Waals surface area contributed by atoms with Gasteiger partial charge in [-0.25, -0.2) is 0 Å². The van der Waals surface area contributed by atoms with Crippen LogP contribution in [0.5, 0.6) is 0 Å². The summed E-state index contributed by atoms with van der Waals surface area (Å²) in [6.45, 7) is 3.99. The van der Waals surface area contributed by atoms with Crippen molar-refractivity contribution in [2.24, 2.45) is 5.92 Å². The highest BCUT2D eigenvalue weighted by atomic mass is 32.2. The molecular weight excluding hydrogens is 440 g/mol. The van der Waals surface area contributed by atoms with Crippen LogP contribution >= 0.6 is 11.8 Å². The summed E-state index contributed by atoms with van der Waals surface area (Å²) in [5.74, 6) is 1.21. The Morgan fingerprint density at radius 1 is 1.27 bits per heavy atom. The molecule has 0 radical (unpaired) electrons. The Kier molecular flexibility index (Phi) is 7.02. The van der Waals surface area contributed by atoms with Gasteiger partial charge in [0.05, 0.1) is 10.7 Å². The van der Waals surface area contributed by atoms with E-state index >= 15 is 0 Å². The molecule has 2 heterocycles. The number of carbonyl (C=O) groups excluding carboxylic acids is 1. The molecule has 1 fully saturated rings. The van der Waals surface area contributed by atoms with Crippen molar-refractivity contribution in [3.8, 4) is 11.4 Å². The van der Waals surface area contributed by atoms with Gasteiger partial charge in [-0.3, -0.25) is 24.5 Å². The molecule has 2 aromatic heterocycles. The lowest BCUT2D eigenvalue weighted by molar-refractivity contribution is -0.384. The second-order valence-electron chi connectivity index (χ2n) is 8.34. The van der Waals surface area contributed by atoms with E-state index in [-0.39, 0.29) is 23.4 Å². The number of nitrogens with zero attached hydrogens (tertiary/aromatic N) is 5. The highest BCUT2D eigenvalue weighted by molar-refractivity contribution is 7.99. The van der Waals surface area contributed by atoms with Crippen LogP contribution in [0, 0.1) is 23.0 Å². The van der Waals surface area contributed by atoms with Gasteiger partial charge in [0.15, 0.2) is 11.0 Å². The van der Waals surface area contributed by atoms with Crippen molar-refractivity contribution in [1.29, 1.82) is 0 Å². The number of nitrogens with one attached hydrogen (secondary N) is 1. The summed E-state index contributed by atoms with van der Waals surface area (Å²) in [5, 5.41) is 23.4. The second-order valence-corrected chi connectivity index (χ2v) is 9.28. The first-order valence-corrected chi connectivity index (χ1v) is 12.0. The van der Waals surface area contributed by atoms with Crippen molar-refractivity contribution >= 4 is 29.0 Å². The molecule has 33 heavy (non-hydrogen) atoms. The van der Waals surface area contributed by atoms with Crippen LogP contribution < -0.4 is 5.32 Å². The minimum absolute atomic E-state index is 0.00231. The average Bonchev–Trinajstić information content (AvgIpc) is 3.23. The first kappa shape index (κ1) is 22.9. The topological polar surface area (TPSA) is 116 Å². The molecule has 1 aromatic carbocycles. The summed E-state index contributed by atoms with van der Waals surface area (Å²) in [5.41, 5.74) is 2.10. The number of non-ortho nitro benzene ring substituents is 1. The van der Waals surface area contributed by atoms with Crippen molar-refractivity contribution in [2.45, 2.75) is 50.7 Å². The zero-order valence-corrected chi connectivity index (χ0v) is 19.4. The molecule has 1 amide bonds. The second kappa shape index (κ2) is 10.1. The molecule has 1 aliphatic rings. The van der Waals surface area contributed by atoms with Crippen molar-refractivity contribution in [3.63, 3.8) is 0 Å². The molecule has 1 aliphatic carbocycles. The van der Waals surface area contributed by atoms with E-state index in [1.165, 1.54) is 30.3 Å².